The highest BCUT2D eigenvalue weighted by atomic mass is 35.5. The van der Waals surface area contributed by atoms with Crippen LogP contribution in [0.25, 0.3) is 0 Å². The van der Waals surface area contributed by atoms with Crippen LogP contribution in [0.2, 0.25) is 10.0 Å². The van der Waals surface area contributed by atoms with E-state index < -0.39 is 15.9 Å². The van der Waals surface area contributed by atoms with Crippen LogP contribution in [0.15, 0.2) is 41.3 Å². The van der Waals surface area contributed by atoms with Crippen molar-refractivity contribution in [3.8, 4) is 5.75 Å². The highest BCUT2D eigenvalue weighted by Gasteiger charge is 2.35. The minimum absolute atomic E-state index is 0.0868. The molecule has 0 aromatic heterocycles. The van der Waals surface area contributed by atoms with E-state index in [2.05, 4.69) is 5.32 Å². The largest absolute Gasteiger partial charge is 0.495 e. The van der Waals surface area contributed by atoms with Crippen LogP contribution in [-0.4, -0.2) is 38.8 Å². The van der Waals surface area contributed by atoms with Gasteiger partial charge in [-0.2, -0.15) is 4.31 Å². The monoisotopic (exact) mass is 456 g/mol. The Balaban J connectivity index is 1.80. The third-order valence-electron chi connectivity index (χ3n) is 4.88. The number of benzene rings is 2. The van der Waals surface area contributed by atoms with Crippen molar-refractivity contribution in [2.24, 2.45) is 5.92 Å². The van der Waals surface area contributed by atoms with Crippen LogP contribution in [0, 0.1) is 12.8 Å². The van der Waals surface area contributed by atoms with Crippen molar-refractivity contribution >= 4 is 44.8 Å². The fourth-order valence-corrected chi connectivity index (χ4v) is 5.43. The Morgan fingerprint density at radius 1 is 1.21 bits per heavy atom. The summed E-state index contributed by atoms with van der Waals surface area (Å²) in [6.45, 7) is 2.25. The van der Waals surface area contributed by atoms with Gasteiger partial charge in [-0.15, -0.1) is 0 Å². The minimum Gasteiger partial charge on any atom is -0.495 e. The SMILES string of the molecule is COc1ccc(C)cc1S(=O)(=O)N1CCC[C@@H](C(=O)Nc2cc(Cl)ccc2Cl)C1. The molecule has 0 radical (unpaired) electrons. The van der Waals surface area contributed by atoms with Crippen LogP contribution in [0.3, 0.4) is 0 Å². The van der Waals surface area contributed by atoms with E-state index in [4.69, 9.17) is 27.9 Å². The van der Waals surface area contributed by atoms with E-state index in [0.717, 1.165) is 5.56 Å². The molecule has 1 saturated heterocycles. The molecule has 0 unspecified atom stereocenters. The Labute approximate surface area is 180 Å². The van der Waals surface area contributed by atoms with Crippen LogP contribution in [0.4, 0.5) is 5.69 Å². The molecular formula is C20H22Cl2N2O4S. The first-order chi connectivity index (χ1) is 13.7. The summed E-state index contributed by atoms with van der Waals surface area (Å²) in [5, 5.41) is 3.58. The first-order valence-corrected chi connectivity index (χ1v) is 11.3. The zero-order valence-corrected chi connectivity index (χ0v) is 18.4. The van der Waals surface area contributed by atoms with Crippen LogP contribution < -0.4 is 10.1 Å². The van der Waals surface area contributed by atoms with E-state index in [1.807, 2.05) is 6.92 Å². The molecule has 0 saturated carbocycles. The number of nitrogens with one attached hydrogen (secondary N) is 1. The minimum atomic E-state index is -3.80. The molecule has 1 heterocycles. The number of ether oxygens (including phenoxy) is 1. The number of aryl methyl sites for hydroxylation is 1. The first kappa shape index (κ1) is 21.9. The van der Waals surface area contributed by atoms with Crippen molar-refractivity contribution in [1.82, 2.24) is 4.31 Å². The van der Waals surface area contributed by atoms with E-state index >= 15 is 0 Å². The van der Waals surface area contributed by atoms with Gasteiger partial charge in [-0.3, -0.25) is 4.79 Å². The molecule has 2 aromatic rings. The molecule has 156 valence electrons. The van der Waals surface area contributed by atoms with Gasteiger partial charge in [0.25, 0.3) is 0 Å². The standard InChI is InChI=1S/C20H22Cl2N2O4S/c1-13-5-8-18(28-2)19(10-13)29(26,27)24-9-3-4-14(12-24)20(25)23-17-11-15(21)6-7-16(17)22/h5-8,10-11,14H,3-4,9,12H2,1-2H3,(H,23,25)/t14-/m1/s1. The van der Waals surface area contributed by atoms with Crippen LogP contribution in [0.1, 0.15) is 18.4 Å². The fraction of sp³-hybridized carbons (Fsp3) is 0.350. The van der Waals surface area contributed by atoms with Gasteiger partial charge in [0.1, 0.15) is 10.6 Å². The second kappa shape index (κ2) is 8.92. The number of nitrogens with zero attached hydrogens (tertiary/aromatic N) is 1. The number of amides is 1. The fourth-order valence-electron chi connectivity index (χ4n) is 3.33. The van der Waals surface area contributed by atoms with Crippen molar-refractivity contribution in [2.45, 2.75) is 24.7 Å². The summed E-state index contributed by atoms with van der Waals surface area (Å²) >= 11 is 12.1. The van der Waals surface area contributed by atoms with E-state index in [9.17, 15) is 13.2 Å². The van der Waals surface area contributed by atoms with E-state index in [1.165, 1.54) is 11.4 Å². The summed E-state index contributed by atoms with van der Waals surface area (Å²) in [5.41, 5.74) is 1.22. The molecule has 1 atom stereocenters. The first-order valence-electron chi connectivity index (χ1n) is 9.13. The Hall–Kier alpha value is -1.80. The number of hydrogen-bond donors (Lipinski definition) is 1. The predicted molar refractivity (Wildman–Crippen MR) is 114 cm³/mol. The van der Waals surface area contributed by atoms with Gasteiger partial charge in [-0.05, 0) is 55.7 Å². The van der Waals surface area contributed by atoms with E-state index in [1.54, 1.807) is 36.4 Å². The van der Waals surface area contributed by atoms with Gasteiger partial charge >= 0.3 is 0 Å². The van der Waals surface area contributed by atoms with Crippen molar-refractivity contribution in [3.63, 3.8) is 0 Å². The molecule has 1 amide bonds. The summed E-state index contributed by atoms with van der Waals surface area (Å²) < 4.78 is 33.0. The van der Waals surface area contributed by atoms with Crippen LogP contribution in [-0.2, 0) is 14.8 Å². The summed E-state index contributed by atoms with van der Waals surface area (Å²) in [5.74, 6) is -0.498. The average molecular weight is 457 g/mol. The lowest BCUT2D eigenvalue weighted by molar-refractivity contribution is -0.120. The smallest absolute Gasteiger partial charge is 0.246 e. The lowest BCUT2D eigenvalue weighted by atomic mass is 9.99. The summed E-state index contributed by atoms with van der Waals surface area (Å²) in [4.78, 5) is 12.9. The van der Waals surface area contributed by atoms with Crippen molar-refractivity contribution in [2.75, 3.05) is 25.5 Å². The molecule has 1 fully saturated rings. The van der Waals surface area contributed by atoms with Crippen molar-refractivity contribution in [3.05, 3.63) is 52.0 Å². The Morgan fingerprint density at radius 3 is 2.69 bits per heavy atom. The molecule has 3 rings (SSSR count). The number of halogens is 2. The summed E-state index contributed by atoms with van der Waals surface area (Å²) in [6.07, 6.45) is 1.16. The number of piperidine rings is 1. The topological polar surface area (TPSA) is 75.7 Å². The van der Waals surface area contributed by atoms with E-state index in [-0.39, 0.29) is 23.1 Å². The summed E-state index contributed by atoms with van der Waals surface area (Å²) in [6, 6.07) is 9.81. The van der Waals surface area contributed by atoms with Gasteiger partial charge < -0.3 is 10.1 Å². The second-order valence-corrected chi connectivity index (χ2v) is 9.72. The third-order valence-corrected chi connectivity index (χ3v) is 7.33. The highest BCUT2D eigenvalue weighted by Crippen LogP contribution is 2.31. The molecule has 1 aliphatic heterocycles. The Bertz CT molecular complexity index is 1030. The lowest BCUT2D eigenvalue weighted by Crippen LogP contribution is -2.43. The number of carbonyl (C=O) groups excluding carboxylic acids is 1. The molecule has 1 aliphatic rings. The van der Waals surface area contributed by atoms with Crippen molar-refractivity contribution in [1.29, 1.82) is 0 Å². The van der Waals surface area contributed by atoms with Crippen LogP contribution >= 0.6 is 23.2 Å². The quantitative estimate of drug-likeness (QED) is 0.725. The zero-order chi connectivity index (χ0) is 21.2. The number of hydrogen-bond acceptors (Lipinski definition) is 4. The average Bonchev–Trinajstić information content (AvgIpc) is 2.70. The molecule has 9 heteroatoms. The van der Waals surface area contributed by atoms with Gasteiger partial charge in [-0.1, -0.05) is 29.3 Å². The maximum Gasteiger partial charge on any atom is 0.246 e. The number of methoxy groups -OCH3 is 1. The maximum absolute atomic E-state index is 13.2. The van der Waals surface area contributed by atoms with Crippen molar-refractivity contribution < 1.29 is 17.9 Å². The number of carbonyl (C=O) groups is 1. The molecule has 29 heavy (non-hydrogen) atoms. The normalized spacial score (nSPS) is 17.7. The Morgan fingerprint density at radius 2 is 1.97 bits per heavy atom. The molecule has 0 aliphatic carbocycles. The van der Waals surface area contributed by atoms with Crippen LogP contribution in [0.5, 0.6) is 5.75 Å². The zero-order valence-electron chi connectivity index (χ0n) is 16.1. The maximum atomic E-state index is 13.2. The molecule has 0 spiro atoms. The number of sulfonamides is 1. The second-order valence-electron chi connectivity index (χ2n) is 6.97. The van der Waals surface area contributed by atoms with Gasteiger partial charge in [0.15, 0.2) is 0 Å². The Kier molecular flexibility index (Phi) is 6.73. The van der Waals surface area contributed by atoms with E-state index in [0.29, 0.717) is 35.1 Å². The van der Waals surface area contributed by atoms with Gasteiger partial charge in [0.05, 0.1) is 23.7 Å². The number of anilines is 1. The summed E-state index contributed by atoms with van der Waals surface area (Å²) in [7, 11) is -2.36. The molecule has 0 bridgehead atoms. The molecule has 2 aromatic carbocycles. The van der Waals surface area contributed by atoms with Gasteiger partial charge in [0.2, 0.25) is 15.9 Å². The third kappa shape index (κ3) is 4.86. The molecule has 6 nitrogen and oxygen atoms in total. The van der Waals surface area contributed by atoms with Gasteiger partial charge in [-0.25, -0.2) is 8.42 Å². The molecule has 1 N–H and O–H groups in total. The predicted octanol–water partition coefficient (Wildman–Crippen LogP) is 4.35. The lowest BCUT2D eigenvalue weighted by Gasteiger charge is -2.31. The molecular weight excluding hydrogens is 435 g/mol. The van der Waals surface area contributed by atoms with Gasteiger partial charge in [0, 0.05) is 18.1 Å². The highest BCUT2D eigenvalue weighted by molar-refractivity contribution is 7.89. The number of rotatable bonds is 5.